The smallest absolute Gasteiger partial charge is 0.250 e. The summed E-state index contributed by atoms with van der Waals surface area (Å²) in [5.41, 5.74) is 7.41. The molecule has 3 rings (SSSR count). The minimum atomic E-state index is -0.141. The summed E-state index contributed by atoms with van der Waals surface area (Å²) < 4.78 is 3.05. The molecule has 1 aromatic heterocycles. The molecule has 0 bridgehead atoms. The van der Waals surface area contributed by atoms with E-state index < -0.39 is 0 Å². The molecule has 0 unspecified atom stereocenters. The second-order valence-corrected chi connectivity index (χ2v) is 9.42. The van der Waals surface area contributed by atoms with Gasteiger partial charge in [-0.25, -0.2) is 5.43 Å². The average Bonchev–Trinajstić information content (AvgIpc) is 2.97. The SMILES string of the molecule is Cc1cc(/C=N\NC(=O)CSCc2cccc(Br)c2)c(C)n1-c1cc(Cl)ccc1Cl. The second kappa shape index (κ2) is 10.5. The third kappa shape index (κ3) is 5.91. The minimum Gasteiger partial charge on any atom is -0.316 e. The maximum Gasteiger partial charge on any atom is 0.250 e. The zero-order chi connectivity index (χ0) is 21.7. The monoisotopic (exact) mass is 523 g/mol. The van der Waals surface area contributed by atoms with E-state index in [1.54, 1.807) is 30.1 Å². The fourth-order valence-electron chi connectivity index (χ4n) is 3.04. The van der Waals surface area contributed by atoms with E-state index in [1.165, 1.54) is 0 Å². The molecule has 1 heterocycles. The van der Waals surface area contributed by atoms with E-state index in [1.807, 2.05) is 54.8 Å². The maximum absolute atomic E-state index is 12.1. The van der Waals surface area contributed by atoms with Crippen LogP contribution in [0.2, 0.25) is 10.0 Å². The third-order valence-corrected chi connectivity index (χ3v) is 6.45. The Morgan fingerprint density at radius 3 is 2.77 bits per heavy atom. The van der Waals surface area contributed by atoms with Crippen LogP contribution in [0.15, 0.2) is 58.1 Å². The van der Waals surface area contributed by atoms with E-state index >= 15 is 0 Å². The summed E-state index contributed by atoms with van der Waals surface area (Å²) in [6.45, 7) is 3.96. The van der Waals surface area contributed by atoms with E-state index in [9.17, 15) is 4.79 Å². The van der Waals surface area contributed by atoms with Gasteiger partial charge >= 0.3 is 0 Å². The molecule has 0 aliphatic heterocycles. The topological polar surface area (TPSA) is 46.4 Å². The normalized spacial score (nSPS) is 11.2. The van der Waals surface area contributed by atoms with Gasteiger partial charge in [-0.2, -0.15) is 5.10 Å². The van der Waals surface area contributed by atoms with Gasteiger partial charge in [0.25, 0.3) is 0 Å². The summed E-state index contributed by atoms with van der Waals surface area (Å²) >= 11 is 17.5. The standard InChI is InChI=1S/C22H20BrCl2N3OS/c1-14-8-17(15(2)28(14)21-10-19(24)6-7-20(21)25)11-26-27-22(29)13-30-12-16-4-3-5-18(23)9-16/h3-11H,12-13H2,1-2H3,(H,27,29)/b26-11-. The number of aromatic nitrogens is 1. The minimum absolute atomic E-state index is 0.141. The number of nitrogens with one attached hydrogen (secondary N) is 1. The van der Waals surface area contributed by atoms with Crippen LogP contribution in [0, 0.1) is 13.8 Å². The van der Waals surface area contributed by atoms with E-state index in [-0.39, 0.29) is 5.91 Å². The second-order valence-electron chi connectivity index (χ2n) is 6.67. The molecule has 0 saturated heterocycles. The Labute approximate surface area is 198 Å². The molecule has 0 aliphatic carbocycles. The largest absolute Gasteiger partial charge is 0.316 e. The van der Waals surface area contributed by atoms with Crippen LogP contribution in [0.4, 0.5) is 0 Å². The number of hydrogen-bond donors (Lipinski definition) is 1. The number of carbonyl (C=O) groups is 1. The van der Waals surface area contributed by atoms with Crippen LogP contribution < -0.4 is 5.43 Å². The van der Waals surface area contributed by atoms with Crippen molar-refractivity contribution >= 4 is 63.0 Å². The average molecular weight is 525 g/mol. The van der Waals surface area contributed by atoms with Crippen molar-refractivity contribution in [3.05, 3.63) is 85.6 Å². The Bertz CT molecular complexity index is 1100. The summed E-state index contributed by atoms with van der Waals surface area (Å²) in [5.74, 6) is 0.956. The molecule has 8 heteroatoms. The molecule has 1 amide bonds. The van der Waals surface area contributed by atoms with Crippen LogP contribution in [0.25, 0.3) is 5.69 Å². The Morgan fingerprint density at radius 2 is 2.00 bits per heavy atom. The maximum atomic E-state index is 12.1. The molecule has 0 saturated carbocycles. The summed E-state index contributed by atoms with van der Waals surface area (Å²) in [7, 11) is 0. The predicted molar refractivity (Wildman–Crippen MR) is 131 cm³/mol. The molecule has 156 valence electrons. The molecule has 0 atom stereocenters. The van der Waals surface area contributed by atoms with Gasteiger partial charge in [0.05, 0.1) is 22.7 Å². The van der Waals surface area contributed by atoms with E-state index in [0.29, 0.717) is 15.8 Å². The lowest BCUT2D eigenvalue weighted by molar-refractivity contribution is -0.118. The molecule has 3 aromatic rings. The number of carbonyl (C=O) groups excluding carboxylic acids is 1. The molecule has 2 aromatic carbocycles. The first kappa shape index (κ1) is 22.9. The van der Waals surface area contributed by atoms with Crippen molar-refractivity contribution in [1.29, 1.82) is 0 Å². The van der Waals surface area contributed by atoms with E-state index in [2.05, 4.69) is 26.5 Å². The third-order valence-electron chi connectivity index (χ3n) is 4.40. The Balaban J connectivity index is 1.60. The predicted octanol–water partition coefficient (Wildman–Crippen LogP) is 6.55. The quantitative estimate of drug-likeness (QED) is 0.281. The van der Waals surface area contributed by atoms with Gasteiger partial charge in [0.2, 0.25) is 5.91 Å². The Kier molecular flexibility index (Phi) is 8.06. The highest BCUT2D eigenvalue weighted by Crippen LogP contribution is 2.28. The van der Waals surface area contributed by atoms with Gasteiger partial charge in [-0.15, -0.1) is 11.8 Å². The van der Waals surface area contributed by atoms with Gasteiger partial charge in [-0.1, -0.05) is 51.3 Å². The first-order chi connectivity index (χ1) is 14.3. The summed E-state index contributed by atoms with van der Waals surface area (Å²) in [6.07, 6.45) is 1.65. The van der Waals surface area contributed by atoms with Crippen molar-refractivity contribution in [2.75, 3.05) is 5.75 Å². The zero-order valence-electron chi connectivity index (χ0n) is 16.5. The molecule has 0 spiro atoms. The Hall–Kier alpha value is -1.73. The fraction of sp³-hybridized carbons (Fsp3) is 0.182. The highest BCUT2D eigenvalue weighted by atomic mass is 79.9. The van der Waals surface area contributed by atoms with E-state index in [4.69, 9.17) is 23.2 Å². The van der Waals surface area contributed by atoms with Gasteiger partial charge in [0, 0.05) is 32.2 Å². The molecule has 0 radical (unpaired) electrons. The summed E-state index contributed by atoms with van der Waals surface area (Å²) in [5, 5.41) is 5.34. The van der Waals surface area contributed by atoms with Crippen molar-refractivity contribution in [2.45, 2.75) is 19.6 Å². The molecule has 4 nitrogen and oxygen atoms in total. The number of thioether (sulfide) groups is 1. The van der Waals surface area contributed by atoms with Crippen molar-refractivity contribution in [1.82, 2.24) is 9.99 Å². The number of aryl methyl sites for hydroxylation is 1. The molecular formula is C22H20BrCl2N3OS. The molecular weight excluding hydrogens is 505 g/mol. The highest BCUT2D eigenvalue weighted by Gasteiger charge is 2.12. The lowest BCUT2D eigenvalue weighted by Crippen LogP contribution is -2.19. The first-order valence-corrected chi connectivity index (χ1v) is 11.8. The van der Waals surface area contributed by atoms with Crippen LogP contribution in [0.1, 0.15) is 22.5 Å². The molecule has 0 aliphatic rings. The number of benzene rings is 2. The summed E-state index contributed by atoms with van der Waals surface area (Å²) in [6, 6.07) is 15.4. The number of hydrazone groups is 1. The van der Waals surface area contributed by atoms with Crippen LogP contribution in [-0.2, 0) is 10.5 Å². The highest BCUT2D eigenvalue weighted by molar-refractivity contribution is 9.10. The number of rotatable bonds is 7. The van der Waals surface area contributed by atoms with Crippen molar-refractivity contribution in [3.63, 3.8) is 0 Å². The molecule has 0 fully saturated rings. The van der Waals surface area contributed by atoms with E-state index in [0.717, 1.165) is 38.4 Å². The summed E-state index contributed by atoms with van der Waals surface area (Å²) in [4.78, 5) is 12.1. The lowest BCUT2D eigenvalue weighted by atomic mass is 10.2. The number of nitrogens with zero attached hydrogens (tertiary/aromatic N) is 2. The molecule has 1 N–H and O–H groups in total. The van der Waals surface area contributed by atoms with Crippen molar-refractivity contribution < 1.29 is 4.79 Å². The Morgan fingerprint density at radius 1 is 1.20 bits per heavy atom. The van der Waals surface area contributed by atoms with Crippen LogP contribution in [0.5, 0.6) is 0 Å². The molecule has 30 heavy (non-hydrogen) atoms. The number of halogens is 3. The fourth-order valence-corrected chi connectivity index (χ4v) is 4.62. The zero-order valence-corrected chi connectivity index (χ0v) is 20.4. The van der Waals surface area contributed by atoms with Gasteiger partial charge in [0.15, 0.2) is 0 Å². The number of hydrogen-bond acceptors (Lipinski definition) is 3. The van der Waals surface area contributed by atoms with Gasteiger partial charge in [-0.3, -0.25) is 4.79 Å². The van der Waals surface area contributed by atoms with Gasteiger partial charge < -0.3 is 4.57 Å². The van der Waals surface area contributed by atoms with Gasteiger partial charge in [0.1, 0.15) is 0 Å². The first-order valence-electron chi connectivity index (χ1n) is 9.13. The van der Waals surface area contributed by atoms with Crippen molar-refractivity contribution in [3.8, 4) is 5.69 Å². The van der Waals surface area contributed by atoms with Crippen molar-refractivity contribution in [2.24, 2.45) is 5.10 Å². The van der Waals surface area contributed by atoms with Gasteiger partial charge in [-0.05, 0) is 55.8 Å². The van der Waals surface area contributed by atoms with Crippen LogP contribution >= 0.6 is 50.9 Å². The van der Waals surface area contributed by atoms with Crippen LogP contribution in [-0.4, -0.2) is 22.4 Å². The van der Waals surface area contributed by atoms with Crippen LogP contribution in [0.3, 0.4) is 0 Å². The lowest BCUT2D eigenvalue weighted by Gasteiger charge is -2.12. The number of amides is 1.